The van der Waals surface area contributed by atoms with Crippen LogP contribution in [0, 0.1) is 0 Å². The number of fused-ring (bicyclic) bond motifs is 1. The Bertz CT molecular complexity index is 1250. The first-order valence-electron chi connectivity index (χ1n) is 11.5. The standard InChI is InChI=1S/C27H28N4O5/c1-35-21-12-13-24(36-2)20(14-21)16-28-25(32)17-30-22-10-6-7-11-23(22)31(18-26(30)33)27(34)29-15-19-8-4-3-5-9-19/h3-14H,15-18H2,1-2H3,(H,28,32)(H,29,34). The molecule has 0 aromatic heterocycles. The Morgan fingerprint density at radius 1 is 0.861 bits per heavy atom. The summed E-state index contributed by atoms with van der Waals surface area (Å²) in [6.45, 7) is 0.194. The predicted octanol–water partition coefficient (Wildman–Crippen LogP) is 3.08. The molecule has 4 rings (SSSR count). The molecular weight excluding hydrogens is 460 g/mol. The number of ether oxygens (including phenoxy) is 2. The molecule has 1 aliphatic heterocycles. The first-order valence-corrected chi connectivity index (χ1v) is 11.5. The summed E-state index contributed by atoms with van der Waals surface area (Å²) in [5.74, 6) is 0.571. The molecule has 0 atom stereocenters. The molecule has 36 heavy (non-hydrogen) atoms. The van der Waals surface area contributed by atoms with Crippen molar-refractivity contribution in [2.75, 3.05) is 37.1 Å². The third kappa shape index (κ3) is 5.57. The monoisotopic (exact) mass is 488 g/mol. The molecule has 0 saturated heterocycles. The number of carbonyl (C=O) groups excluding carboxylic acids is 3. The number of nitrogens with zero attached hydrogens (tertiary/aromatic N) is 2. The lowest BCUT2D eigenvalue weighted by Crippen LogP contribution is -2.53. The lowest BCUT2D eigenvalue weighted by Gasteiger charge is -2.35. The smallest absolute Gasteiger partial charge is 0.322 e. The summed E-state index contributed by atoms with van der Waals surface area (Å²) in [5, 5.41) is 5.69. The van der Waals surface area contributed by atoms with Gasteiger partial charge >= 0.3 is 6.03 Å². The minimum absolute atomic E-state index is 0.172. The lowest BCUT2D eigenvalue weighted by molar-refractivity contribution is -0.123. The molecule has 9 nitrogen and oxygen atoms in total. The highest BCUT2D eigenvalue weighted by molar-refractivity contribution is 6.12. The van der Waals surface area contributed by atoms with Gasteiger partial charge in [0.2, 0.25) is 11.8 Å². The normalized spacial score (nSPS) is 12.6. The number of hydrogen-bond donors (Lipinski definition) is 2. The van der Waals surface area contributed by atoms with Crippen LogP contribution < -0.4 is 29.9 Å². The summed E-state index contributed by atoms with van der Waals surface area (Å²) in [6.07, 6.45) is 0. The van der Waals surface area contributed by atoms with Gasteiger partial charge in [0, 0.05) is 18.7 Å². The van der Waals surface area contributed by atoms with Crippen molar-refractivity contribution in [3.8, 4) is 11.5 Å². The number of methoxy groups -OCH3 is 2. The first kappa shape index (κ1) is 24.6. The van der Waals surface area contributed by atoms with Crippen LogP contribution in [0.5, 0.6) is 11.5 Å². The number of rotatable bonds is 8. The van der Waals surface area contributed by atoms with Crippen molar-refractivity contribution in [1.82, 2.24) is 10.6 Å². The quantitative estimate of drug-likeness (QED) is 0.508. The SMILES string of the molecule is COc1ccc(OC)c(CNC(=O)CN2C(=O)CN(C(=O)NCc3ccccc3)c3ccccc32)c1. The predicted molar refractivity (Wildman–Crippen MR) is 136 cm³/mol. The molecular formula is C27H28N4O5. The Morgan fingerprint density at radius 3 is 2.31 bits per heavy atom. The average molecular weight is 489 g/mol. The number of para-hydroxylation sites is 2. The molecule has 4 amide bonds. The number of benzene rings is 3. The van der Waals surface area contributed by atoms with E-state index in [9.17, 15) is 14.4 Å². The molecule has 0 fully saturated rings. The number of carbonyl (C=O) groups is 3. The molecule has 9 heteroatoms. The van der Waals surface area contributed by atoms with Gasteiger partial charge < -0.3 is 20.1 Å². The van der Waals surface area contributed by atoms with Gasteiger partial charge in [-0.3, -0.25) is 19.4 Å². The summed E-state index contributed by atoms with van der Waals surface area (Å²) >= 11 is 0. The van der Waals surface area contributed by atoms with Gasteiger partial charge in [0.1, 0.15) is 24.6 Å². The Kier molecular flexibility index (Phi) is 7.69. The summed E-state index contributed by atoms with van der Waals surface area (Å²) < 4.78 is 10.6. The molecule has 0 spiro atoms. The van der Waals surface area contributed by atoms with Crippen LogP contribution in [0.15, 0.2) is 72.8 Å². The second-order valence-electron chi connectivity index (χ2n) is 8.15. The highest BCUT2D eigenvalue weighted by Crippen LogP contribution is 2.33. The van der Waals surface area contributed by atoms with Crippen LogP contribution in [-0.4, -0.2) is 45.2 Å². The van der Waals surface area contributed by atoms with Crippen LogP contribution >= 0.6 is 0 Å². The number of amides is 4. The Morgan fingerprint density at radius 2 is 1.58 bits per heavy atom. The van der Waals surface area contributed by atoms with Crippen LogP contribution in [0.25, 0.3) is 0 Å². The zero-order valence-electron chi connectivity index (χ0n) is 20.2. The van der Waals surface area contributed by atoms with E-state index in [1.807, 2.05) is 30.3 Å². The average Bonchev–Trinajstić information content (AvgIpc) is 2.92. The van der Waals surface area contributed by atoms with Crippen molar-refractivity contribution in [3.63, 3.8) is 0 Å². The summed E-state index contributed by atoms with van der Waals surface area (Å²) in [7, 11) is 3.12. The molecule has 0 radical (unpaired) electrons. The van der Waals surface area contributed by atoms with Crippen molar-refractivity contribution in [3.05, 3.63) is 83.9 Å². The molecule has 3 aromatic carbocycles. The third-order valence-corrected chi connectivity index (χ3v) is 5.85. The second-order valence-corrected chi connectivity index (χ2v) is 8.15. The maximum atomic E-state index is 13.0. The van der Waals surface area contributed by atoms with Crippen molar-refractivity contribution in [2.24, 2.45) is 0 Å². The number of anilines is 2. The minimum atomic E-state index is -0.381. The van der Waals surface area contributed by atoms with Crippen LogP contribution in [0.4, 0.5) is 16.2 Å². The molecule has 2 N–H and O–H groups in total. The highest BCUT2D eigenvalue weighted by atomic mass is 16.5. The second kappa shape index (κ2) is 11.3. The van der Waals surface area contributed by atoms with Crippen LogP contribution in [0.1, 0.15) is 11.1 Å². The maximum Gasteiger partial charge on any atom is 0.322 e. The Hall–Kier alpha value is -4.53. The van der Waals surface area contributed by atoms with Gasteiger partial charge in [-0.25, -0.2) is 4.79 Å². The van der Waals surface area contributed by atoms with Crippen LogP contribution in [0.2, 0.25) is 0 Å². The van der Waals surface area contributed by atoms with E-state index in [2.05, 4.69) is 10.6 Å². The van der Waals surface area contributed by atoms with Crippen molar-refractivity contribution < 1.29 is 23.9 Å². The van der Waals surface area contributed by atoms with E-state index in [1.54, 1.807) is 56.7 Å². The van der Waals surface area contributed by atoms with Gasteiger partial charge in [0.15, 0.2) is 0 Å². The van der Waals surface area contributed by atoms with E-state index in [1.165, 1.54) is 9.80 Å². The zero-order chi connectivity index (χ0) is 25.5. The topological polar surface area (TPSA) is 100 Å². The van der Waals surface area contributed by atoms with Gasteiger partial charge in [0.05, 0.1) is 25.6 Å². The molecule has 1 aliphatic rings. The number of nitrogens with one attached hydrogen (secondary N) is 2. The fourth-order valence-electron chi connectivity index (χ4n) is 4.00. The van der Waals surface area contributed by atoms with E-state index in [4.69, 9.17) is 9.47 Å². The van der Waals surface area contributed by atoms with Crippen molar-refractivity contribution in [1.29, 1.82) is 0 Å². The highest BCUT2D eigenvalue weighted by Gasteiger charge is 2.33. The van der Waals surface area contributed by atoms with Crippen molar-refractivity contribution >= 4 is 29.2 Å². The van der Waals surface area contributed by atoms with Gasteiger partial charge in [-0.2, -0.15) is 0 Å². The molecule has 1 heterocycles. The molecule has 0 aliphatic carbocycles. The molecule has 3 aromatic rings. The summed E-state index contributed by atoms with van der Waals surface area (Å²) in [5.41, 5.74) is 2.76. The molecule has 186 valence electrons. The summed E-state index contributed by atoms with van der Waals surface area (Å²) in [6, 6.07) is 21.5. The van der Waals surface area contributed by atoms with E-state index in [-0.39, 0.29) is 37.5 Å². The van der Waals surface area contributed by atoms with Crippen molar-refractivity contribution in [2.45, 2.75) is 13.1 Å². The fourth-order valence-corrected chi connectivity index (χ4v) is 4.00. The van der Waals surface area contributed by atoms with E-state index >= 15 is 0 Å². The summed E-state index contributed by atoms with van der Waals surface area (Å²) in [4.78, 5) is 41.5. The van der Waals surface area contributed by atoms with E-state index < -0.39 is 0 Å². The molecule has 0 unspecified atom stereocenters. The van der Waals surface area contributed by atoms with E-state index in [0.29, 0.717) is 29.4 Å². The van der Waals surface area contributed by atoms with Gasteiger partial charge in [-0.05, 0) is 35.9 Å². The number of hydrogen-bond acceptors (Lipinski definition) is 5. The zero-order valence-corrected chi connectivity index (χ0v) is 20.2. The molecule has 0 saturated carbocycles. The molecule has 0 bridgehead atoms. The fraction of sp³-hybridized carbons (Fsp3) is 0.222. The van der Waals surface area contributed by atoms with Crippen LogP contribution in [-0.2, 0) is 22.7 Å². The maximum absolute atomic E-state index is 13.0. The van der Waals surface area contributed by atoms with Gasteiger partial charge in [-0.1, -0.05) is 42.5 Å². The Balaban J connectivity index is 1.44. The van der Waals surface area contributed by atoms with E-state index in [0.717, 1.165) is 11.1 Å². The Labute approximate surface area is 209 Å². The van der Waals surface area contributed by atoms with Gasteiger partial charge in [-0.15, -0.1) is 0 Å². The van der Waals surface area contributed by atoms with Gasteiger partial charge in [0.25, 0.3) is 0 Å². The number of urea groups is 1. The third-order valence-electron chi connectivity index (χ3n) is 5.85. The lowest BCUT2D eigenvalue weighted by atomic mass is 10.1. The minimum Gasteiger partial charge on any atom is -0.497 e. The first-order chi connectivity index (χ1) is 17.5. The van der Waals surface area contributed by atoms with Crippen LogP contribution in [0.3, 0.4) is 0 Å². The largest absolute Gasteiger partial charge is 0.497 e.